The summed E-state index contributed by atoms with van der Waals surface area (Å²) in [5, 5.41) is 11.3. The number of pyridine rings is 1. The number of ether oxygens (including phenoxy) is 2. The van der Waals surface area contributed by atoms with Gasteiger partial charge in [-0.1, -0.05) is 20.8 Å². The van der Waals surface area contributed by atoms with Crippen molar-refractivity contribution in [2.24, 2.45) is 5.41 Å². The van der Waals surface area contributed by atoms with Crippen LogP contribution in [0.2, 0.25) is 0 Å². The van der Waals surface area contributed by atoms with Gasteiger partial charge in [0.1, 0.15) is 6.10 Å². The Morgan fingerprint density at radius 2 is 1.59 bits per heavy atom. The van der Waals surface area contributed by atoms with Gasteiger partial charge in [-0.25, -0.2) is 0 Å². The molecule has 248 valence electrons. The third-order valence-electron chi connectivity index (χ3n) is 10.7. The number of likely N-dealkylation sites (N-methyl/N-ethyl adjacent to an activating group) is 1. The zero-order valence-electron chi connectivity index (χ0n) is 28.5. The Bertz CT molecular complexity index is 1510. The zero-order chi connectivity index (χ0) is 33.1. The molecule has 0 spiro atoms. The number of amides is 1. The van der Waals surface area contributed by atoms with Gasteiger partial charge in [-0.3, -0.25) is 19.5 Å². The van der Waals surface area contributed by atoms with Gasteiger partial charge < -0.3 is 24.2 Å². The van der Waals surface area contributed by atoms with Gasteiger partial charge in [0, 0.05) is 92.9 Å². The summed E-state index contributed by atoms with van der Waals surface area (Å²) in [7, 11) is 1.67. The van der Waals surface area contributed by atoms with Gasteiger partial charge in [0.2, 0.25) is 6.29 Å². The van der Waals surface area contributed by atoms with Crippen LogP contribution in [0.15, 0.2) is 36.7 Å². The van der Waals surface area contributed by atoms with Crippen LogP contribution in [0.25, 0.3) is 10.8 Å². The predicted molar refractivity (Wildman–Crippen MR) is 180 cm³/mol. The lowest BCUT2D eigenvalue weighted by molar-refractivity contribution is -0.139. The smallest absolute Gasteiger partial charge is 0.286 e. The van der Waals surface area contributed by atoms with Crippen LogP contribution in [0.1, 0.15) is 52.8 Å². The molecule has 2 aliphatic rings. The highest BCUT2D eigenvalue weighted by Gasteiger charge is 2.47. The van der Waals surface area contributed by atoms with Crippen LogP contribution in [0.5, 0.6) is 11.5 Å². The van der Waals surface area contributed by atoms with Gasteiger partial charge in [-0.2, -0.15) is 5.10 Å². The Morgan fingerprint density at radius 1 is 0.935 bits per heavy atom. The predicted octanol–water partition coefficient (Wildman–Crippen LogP) is 3.68. The Kier molecular flexibility index (Phi) is 10.1. The van der Waals surface area contributed by atoms with Crippen LogP contribution in [0.3, 0.4) is 0 Å². The maximum absolute atomic E-state index is 12.0. The first kappa shape index (κ1) is 33.5. The van der Waals surface area contributed by atoms with Gasteiger partial charge in [0.15, 0.2) is 17.3 Å². The topological polar surface area (TPSA) is 104 Å². The van der Waals surface area contributed by atoms with Gasteiger partial charge >= 0.3 is 0 Å². The lowest BCUT2D eigenvalue weighted by atomic mass is 9.69. The molecule has 4 heterocycles. The number of methoxy groups -OCH3 is 1. The Balaban J connectivity index is 1.49. The fourth-order valence-corrected chi connectivity index (χ4v) is 6.59. The molecule has 5 rings (SSSR count). The summed E-state index contributed by atoms with van der Waals surface area (Å²) in [4.78, 5) is 36.1. The molecule has 1 atom stereocenters. The second kappa shape index (κ2) is 13.9. The fraction of sp³-hybridized carbons (Fsp3) is 0.571. The van der Waals surface area contributed by atoms with Gasteiger partial charge in [0.25, 0.3) is 5.91 Å². The fourth-order valence-electron chi connectivity index (χ4n) is 6.59. The van der Waals surface area contributed by atoms with Crippen molar-refractivity contribution in [3.63, 3.8) is 0 Å². The monoisotopic (exact) mass is 631 g/mol. The molecule has 1 unspecified atom stereocenters. The summed E-state index contributed by atoms with van der Waals surface area (Å²) >= 11 is 0. The maximum Gasteiger partial charge on any atom is 0.286 e. The summed E-state index contributed by atoms with van der Waals surface area (Å²) in [6.07, 6.45) is 4.37. The van der Waals surface area contributed by atoms with Crippen LogP contribution in [-0.4, -0.2) is 120 Å². The normalized spacial score (nSPS) is 17.6. The van der Waals surface area contributed by atoms with Crippen molar-refractivity contribution in [3.05, 3.63) is 47.9 Å². The summed E-state index contributed by atoms with van der Waals surface area (Å²) in [6, 6.07) is 8.01. The Morgan fingerprint density at radius 3 is 2.20 bits per heavy atom. The van der Waals surface area contributed by atoms with E-state index < -0.39 is 5.91 Å². The third kappa shape index (κ3) is 6.66. The summed E-state index contributed by atoms with van der Waals surface area (Å²) < 4.78 is 12.8. The minimum atomic E-state index is -0.490. The summed E-state index contributed by atoms with van der Waals surface area (Å²) in [5.41, 5.74) is 1.57. The van der Waals surface area contributed by atoms with E-state index in [1.807, 2.05) is 24.3 Å². The number of carbonyl (C=O) groups is 2. The molecule has 11 heteroatoms. The van der Waals surface area contributed by atoms with Gasteiger partial charge in [-0.05, 0) is 57.1 Å². The van der Waals surface area contributed by atoms with Crippen molar-refractivity contribution in [1.29, 1.82) is 0 Å². The molecule has 1 aromatic carbocycles. The van der Waals surface area contributed by atoms with E-state index in [9.17, 15) is 9.59 Å². The number of rotatable bonds is 11. The number of nitrogens with zero attached hydrogens (tertiary/aromatic N) is 7. The van der Waals surface area contributed by atoms with Crippen molar-refractivity contribution >= 4 is 28.8 Å². The first-order valence-electron chi connectivity index (χ1n) is 16.4. The first-order valence-corrected chi connectivity index (χ1v) is 16.4. The van der Waals surface area contributed by atoms with E-state index in [1.165, 1.54) is 0 Å². The van der Waals surface area contributed by atoms with E-state index in [1.54, 1.807) is 24.4 Å². The molecular weight excluding hydrogens is 582 g/mol. The molecule has 3 aromatic rings. The molecule has 0 saturated carbocycles. The van der Waals surface area contributed by atoms with Gasteiger partial charge in [-0.15, -0.1) is 5.10 Å². The molecule has 46 heavy (non-hydrogen) atoms. The number of aldehydes is 1. The van der Waals surface area contributed by atoms with E-state index in [0.29, 0.717) is 50.4 Å². The second-order valence-electron chi connectivity index (χ2n) is 13.4. The Hall–Kier alpha value is -3.83. The van der Waals surface area contributed by atoms with Crippen molar-refractivity contribution in [1.82, 2.24) is 29.9 Å². The van der Waals surface area contributed by atoms with Crippen molar-refractivity contribution in [3.8, 4) is 11.5 Å². The summed E-state index contributed by atoms with van der Waals surface area (Å²) in [5.74, 6) is 1.53. The van der Waals surface area contributed by atoms with E-state index in [-0.39, 0.29) is 17.1 Å². The van der Waals surface area contributed by atoms with Crippen molar-refractivity contribution in [2.45, 2.75) is 59.6 Å². The number of benzene rings is 1. The average Bonchev–Trinajstić information content (AvgIpc) is 3.08. The van der Waals surface area contributed by atoms with Crippen molar-refractivity contribution < 1.29 is 19.1 Å². The van der Waals surface area contributed by atoms with Crippen molar-refractivity contribution in [2.75, 3.05) is 70.9 Å². The maximum atomic E-state index is 12.0. The molecule has 2 aromatic heterocycles. The van der Waals surface area contributed by atoms with Crippen LogP contribution >= 0.6 is 0 Å². The number of aromatic nitrogens is 3. The molecule has 2 saturated heterocycles. The van der Waals surface area contributed by atoms with Gasteiger partial charge in [0.05, 0.1) is 12.8 Å². The molecule has 2 aliphatic heterocycles. The molecule has 0 bridgehead atoms. The number of anilines is 1. The quantitative estimate of drug-likeness (QED) is 0.230. The molecular formula is C35H49N7O4. The molecule has 0 aliphatic carbocycles. The highest BCUT2D eigenvalue weighted by molar-refractivity contribution is 6.23. The molecule has 2 fully saturated rings. The van der Waals surface area contributed by atoms with E-state index in [2.05, 4.69) is 61.2 Å². The third-order valence-corrected chi connectivity index (χ3v) is 10.7. The lowest BCUT2D eigenvalue weighted by Crippen LogP contribution is -2.63. The SMILES string of the molecule is CCN1CCN(C(C)(C)C(C)(C)C(C)Oc2cc3c(N4CCN(C(=O)C=O)CC4)nnc(Cc4ccncc4)c3cc2OC)CC1. The number of hydrogen-bond donors (Lipinski definition) is 0. The standard InChI is InChI=1S/C35H49N7O4/c1-8-39-13-19-42(20-14-39)35(5,6)34(3,4)25(2)46-31-23-28-27(22-30(31)45-7)29(21-26-9-11-36-12-10-26)37-38-33(28)41-17-15-40(16-18-41)32(44)24-43/h9-12,22-25H,8,13-21H2,1-7H3. The van der Waals surface area contributed by atoms with E-state index in [0.717, 1.165) is 60.6 Å². The molecule has 0 radical (unpaired) electrons. The van der Waals surface area contributed by atoms with Crippen LogP contribution in [0, 0.1) is 5.41 Å². The highest BCUT2D eigenvalue weighted by Crippen LogP contribution is 2.44. The first-order chi connectivity index (χ1) is 22.0. The van der Waals surface area contributed by atoms with Crippen LogP contribution < -0.4 is 14.4 Å². The van der Waals surface area contributed by atoms with E-state index in [4.69, 9.17) is 19.7 Å². The Labute approximate surface area is 272 Å². The minimum absolute atomic E-state index is 0.122. The summed E-state index contributed by atoms with van der Waals surface area (Å²) in [6.45, 7) is 20.9. The lowest BCUT2D eigenvalue weighted by Gasteiger charge is -2.53. The molecule has 1 amide bonds. The number of piperazine rings is 2. The number of hydrogen-bond acceptors (Lipinski definition) is 10. The molecule has 11 nitrogen and oxygen atoms in total. The largest absolute Gasteiger partial charge is 0.493 e. The van der Waals surface area contributed by atoms with E-state index >= 15 is 0 Å². The highest BCUT2D eigenvalue weighted by atomic mass is 16.5. The zero-order valence-corrected chi connectivity index (χ0v) is 28.5. The number of fused-ring (bicyclic) bond motifs is 1. The second-order valence-corrected chi connectivity index (χ2v) is 13.4. The molecule has 0 N–H and O–H groups in total. The van der Waals surface area contributed by atoms with Crippen LogP contribution in [0.4, 0.5) is 5.82 Å². The number of carbonyl (C=O) groups excluding carboxylic acids is 2. The minimum Gasteiger partial charge on any atom is -0.493 e. The average molecular weight is 632 g/mol. The van der Waals surface area contributed by atoms with Crippen LogP contribution in [-0.2, 0) is 16.0 Å².